The molecule has 4 rings (SSSR count). The highest BCUT2D eigenvalue weighted by atomic mass is 32.2. The Balaban J connectivity index is 1.45. The number of nitrogens with zero attached hydrogens (tertiary/aromatic N) is 1. The molecule has 1 aliphatic carbocycles. The van der Waals surface area contributed by atoms with Gasteiger partial charge in [0.25, 0.3) is 11.8 Å². The van der Waals surface area contributed by atoms with Crippen LogP contribution in [0.15, 0.2) is 24.3 Å². The summed E-state index contributed by atoms with van der Waals surface area (Å²) in [5.41, 5.74) is -0.514. The van der Waals surface area contributed by atoms with E-state index in [2.05, 4.69) is 5.32 Å². The number of amides is 2. The number of carboxylic acid groups (broad SMARTS) is 1. The number of benzene rings is 1. The molecule has 2 amide bonds. The van der Waals surface area contributed by atoms with Crippen LogP contribution in [0, 0.1) is 0 Å². The molecule has 3 aliphatic rings. The van der Waals surface area contributed by atoms with Gasteiger partial charge in [0.1, 0.15) is 17.2 Å². The number of rotatable bonds is 7. The highest BCUT2D eigenvalue weighted by Crippen LogP contribution is 2.55. The Morgan fingerprint density at radius 2 is 1.76 bits per heavy atom. The van der Waals surface area contributed by atoms with Gasteiger partial charge < -0.3 is 20.1 Å². The van der Waals surface area contributed by atoms with Crippen molar-refractivity contribution >= 4 is 35.3 Å². The van der Waals surface area contributed by atoms with E-state index in [1.54, 1.807) is 20.8 Å². The Morgan fingerprint density at radius 1 is 1.15 bits per heavy atom. The third-order valence-corrected chi connectivity index (χ3v) is 8.93. The number of fused-ring (bicyclic) bond motifs is 1. The van der Waals surface area contributed by atoms with Crippen LogP contribution in [0.5, 0.6) is 5.75 Å². The van der Waals surface area contributed by atoms with Gasteiger partial charge in [-0.3, -0.25) is 14.4 Å². The monoisotopic (exact) mass is 488 g/mol. The van der Waals surface area contributed by atoms with Crippen LogP contribution >= 0.6 is 11.8 Å². The van der Waals surface area contributed by atoms with E-state index in [1.165, 1.54) is 61.3 Å². The molecular weight excluding hydrogens is 456 g/mol. The predicted octanol–water partition coefficient (Wildman–Crippen LogP) is 3.09. The third kappa shape index (κ3) is 3.97. The molecule has 1 aromatic carbocycles. The van der Waals surface area contributed by atoms with E-state index in [0.29, 0.717) is 11.7 Å². The van der Waals surface area contributed by atoms with E-state index in [-0.39, 0.29) is 0 Å². The standard InChI is InChI=1S/C25H32N2O6S/c1-14(33-18-12-10-17(11-13-18)16-8-6-5-7-9-16)20(29)26-25(15(2)28)22(32)27-19(21(30)31)24(3,4)34-23(25)27/h10-14,16,19,23H,5-9H2,1-4H3,(H,26,29)(H,30,31)/t14?,19-,23+,25-/m0/s1. The van der Waals surface area contributed by atoms with Crippen molar-refractivity contribution in [2.45, 2.75) is 93.5 Å². The first-order valence-electron chi connectivity index (χ1n) is 11.8. The van der Waals surface area contributed by atoms with Crippen molar-refractivity contribution in [1.82, 2.24) is 10.2 Å². The van der Waals surface area contributed by atoms with E-state index in [1.807, 2.05) is 24.3 Å². The van der Waals surface area contributed by atoms with Gasteiger partial charge in [0.05, 0.1) is 0 Å². The first-order chi connectivity index (χ1) is 16.0. The molecule has 184 valence electrons. The number of hydrogen-bond donors (Lipinski definition) is 2. The van der Waals surface area contributed by atoms with E-state index < -0.39 is 51.4 Å². The molecule has 0 aromatic heterocycles. The van der Waals surface area contributed by atoms with Gasteiger partial charge in [0, 0.05) is 4.75 Å². The number of carbonyl (C=O) groups is 4. The number of nitrogens with one attached hydrogen (secondary N) is 1. The van der Waals surface area contributed by atoms with Gasteiger partial charge in [0.2, 0.25) is 5.54 Å². The molecule has 1 saturated carbocycles. The molecule has 2 heterocycles. The maximum absolute atomic E-state index is 13.1. The van der Waals surface area contributed by atoms with Crippen LogP contribution in [-0.4, -0.2) is 61.4 Å². The van der Waals surface area contributed by atoms with Crippen molar-refractivity contribution in [3.8, 4) is 5.75 Å². The van der Waals surface area contributed by atoms with Crippen molar-refractivity contribution < 1.29 is 29.0 Å². The number of carbonyl (C=O) groups excluding carboxylic acids is 3. The van der Waals surface area contributed by atoms with Gasteiger partial charge in [-0.1, -0.05) is 31.4 Å². The van der Waals surface area contributed by atoms with Crippen molar-refractivity contribution in [3.63, 3.8) is 0 Å². The molecule has 4 atom stereocenters. The zero-order chi connectivity index (χ0) is 24.8. The minimum Gasteiger partial charge on any atom is -0.481 e. The highest BCUT2D eigenvalue weighted by molar-refractivity contribution is 8.01. The van der Waals surface area contributed by atoms with Crippen LogP contribution in [0.1, 0.15) is 71.3 Å². The molecule has 1 unspecified atom stereocenters. The lowest BCUT2D eigenvalue weighted by Gasteiger charge is -2.51. The van der Waals surface area contributed by atoms with Gasteiger partial charge in [-0.25, -0.2) is 4.79 Å². The van der Waals surface area contributed by atoms with Crippen LogP contribution in [-0.2, 0) is 19.2 Å². The molecule has 1 aromatic rings. The smallest absolute Gasteiger partial charge is 0.327 e. The normalized spacial score (nSPS) is 29.1. The average molecular weight is 489 g/mol. The minimum absolute atomic E-state index is 0.523. The SMILES string of the molecule is CC(=O)[C@]1(NC(=O)C(C)Oc2ccc(C3CCCCC3)cc2)C(=O)N2[C@@H](C(=O)O)C(C)(C)S[C@@H]21. The van der Waals surface area contributed by atoms with E-state index >= 15 is 0 Å². The minimum atomic E-state index is -1.79. The van der Waals surface area contributed by atoms with Crippen LogP contribution in [0.3, 0.4) is 0 Å². The van der Waals surface area contributed by atoms with Crippen LogP contribution in [0.25, 0.3) is 0 Å². The van der Waals surface area contributed by atoms with Gasteiger partial charge in [-0.15, -0.1) is 11.8 Å². The quantitative estimate of drug-likeness (QED) is 0.448. The van der Waals surface area contributed by atoms with Gasteiger partial charge in [-0.05, 0) is 64.2 Å². The number of ketones is 1. The number of hydrogen-bond acceptors (Lipinski definition) is 6. The summed E-state index contributed by atoms with van der Waals surface area (Å²) < 4.78 is 5.00. The second kappa shape index (κ2) is 8.91. The molecule has 34 heavy (non-hydrogen) atoms. The third-order valence-electron chi connectivity index (χ3n) is 7.30. The number of β-lactam (4-membered cyclic amide) rings is 1. The molecule has 2 aliphatic heterocycles. The first kappa shape index (κ1) is 24.6. The van der Waals surface area contributed by atoms with Crippen molar-refractivity contribution in [2.24, 2.45) is 0 Å². The summed E-state index contributed by atoms with van der Waals surface area (Å²) in [5.74, 6) is -1.85. The number of aliphatic carboxylic acids is 1. The number of thioether (sulfide) groups is 1. The zero-order valence-corrected chi connectivity index (χ0v) is 20.8. The Bertz CT molecular complexity index is 1000. The molecular formula is C25H32N2O6S. The Morgan fingerprint density at radius 3 is 2.32 bits per heavy atom. The van der Waals surface area contributed by atoms with Crippen molar-refractivity contribution in [1.29, 1.82) is 0 Å². The predicted molar refractivity (Wildman–Crippen MR) is 128 cm³/mol. The zero-order valence-electron chi connectivity index (χ0n) is 20.0. The van der Waals surface area contributed by atoms with Crippen LogP contribution in [0.4, 0.5) is 0 Å². The summed E-state index contributed by atoms with van der Waals surface area (Å²) in [6.45, 7) is 6.24. The summed E-state index contributed by atoms with van der Waals surface area (Å²) in [5, 5.41) is 11.5. The average Bonchev–Trinajstić information content (AvgIpc) is 3.06. The highest BCUT2D eigenvalue weighted by Gasteiger charge is 2.74. The maximum atomic E-state index is 13.1. The Kier molecular flexibility index (Phi) is 6.44. The lowest BCUT2D eigenvalue weighted by Crippen LogP contribution is -2.82. The summed E-state index contributed by atoms with van der Waals surface area (Å²) >= 11 is 1.21. The molecule has 3 fully saturated rings. The Hall–Kier alpha value is -2.55. The number of ether oxygens (including phenoxy) is 1. The largest absolute Gasteiger partial charge is 0.481 e. The topological polar surface area (TPSA) is 113 Å². The fraction of sp³-hybridized carbons (Fsp3) is 0.600. The van der Waals surface area contributed by atoms with Crippen LogP contribution in [0.2, 0.25) is 0 Å². The maximum Gasteiger partial charge on any atom is 0.327 e. The molecule has 8 nitrogen and oxygen atoms in total. The lowest BCUT2D eigenvalue weighted by atomic mass is 9.81. The Labute approximate surface area is 203 Å². The fourth-order valence-electron chi connectivity index (χ4n) is 5.40. The molecule has 0 spiro atoms. The summed E-state index contributed by atoms with van der Waals surface area (Å²) in [4.78, 5) is 51.7. The van der Waals surface area contributed by atoms with Gasteiger partial charge in [-0.2, -0.15) is 0 Å². The second-order valence-corrected chi connectivity index (χ2v) is 11.8. The van der Waals surface area contributed by atoms with E-state index in [4.69, 9.17) is 4.74 Å². The summed E-state index contributed by atoms with van der Waals surface area (Å²) in [6, 6.07) is 6.68. The molecule has 2 saturated heterocycles. The lowest BCUT2D eigenvalue weighted by molar-refractivity contribution is -0.172. The van der Waals surface area contributed by atoms with Gasteiger partial charge in [0.15, 0.2) is 11.9 Å². The van der Waals surface area contributed by atoms with Crippen molar-refractivity contribution in [3.05, 3.63) is 29.8 Å². The van der Waals surface area contributed by atoms with Gasteiger partial charge >= 0.3 is 5.97 Å². The van der Waals surface area contributed by atoms with E-state index in [0.717, 1.165) is 0 Å². The van der Waals surface area contributed by atoms with Crippen molar-refractivity contribution in [2.75, 3.05) is 0 Å². The molecule has 2 N–H and O–H groups in total. The molecule has 9 heteroatoms. The molecule has 0 bridgehead atoms. The summed E-state index contributed by atoms with van der Waals surface area (Å²) in [6.07, 6.45) is 5.22. The van der Waals surface area contributed by atoms with E-state index in [9.17, 15) is 24.3 Å². The number of Topliss-reactive ketones (excluding diaryl/α,β-unsaturated/α-hetero) is 1. The summed E-state index contributed by atoms with van der Waals surface area (Å²) in [7, 11) is 0. The van der Waals surface area contributed by atoms with Crippen LogP contribution < -0.4 is 10.1 Å². The number of carboxylic acids is 1. The molecule has 0 radical (unpaired) electrons. The second-order valence-electron chi connectivity index (χ2n) is 10.0. The first-order valence-corrected chi connectivity index (χ1v) is 12.7. The fourth-order valence-corrected chi connectivity index (χ4v) is 7.15.